The van der Waals surface area contributed by atoms with Crippen molar-refractivity contribution in [1.29, 1.82) is 0 Å². The molecular weight excluding hydrogens is 316 g/mol. The first-order valence-corrected chi connectivity index (χ1v) is 8.94. The molecular formula is C20H30N2O3. The number of ether oxygens (including phenoxy) is 2. The first-order valence-electron chi connectivity index (χ1n) is 8.94. The number of rotatable bonds is 10. The zero-order valence-corrected chi connectivity index (χ0v) is 15.2. The molecule has 0 spiro atoms. The lowest BCUT2D eigenvalue weighted by Gasteiger charge is -2.31. The van der Waals surface area contributed by atoms with Gasteiger partial charge in [-0.25, -0.2) is 0 Å². The van der Waals surface area contributed by atoms with Gasteiger partial charge in [-0.05, 0) is 12.5 Å². The normalized spacial score (nSPS) is 16.7. The summed E-state index contributed by atoms with van der Waals surface area (Å²) >= 11 is 0. The first-order chi connectivity index (χ1) is 12.2. The Morgan fingerprint density at radius 1 is 1.32 bits per heavy atom. The average Bonchev–Trinajstić information content (AvgIpc) is 2.63. The summed E-state index contributed by atoms with van der Waals surface area (Å²) in [6.07, 6.45) is 4.64. The van der Waals surface area contributed by atoms with Crippen LogP contribution in [0.4, 0.5) is 0 Å². The van der Waals surface area contributed by atoms with Crippen molar-refractivity contribution in [3.63, 3.8) is 0 Å². The lowest BCUT2D eigenvalue weighted by atomic mass is 10.1. The van der Waals surface area contributed by atoms with Crippen molar-refractivity contribution in [3.05, 3.63) is 35.4 Å². The molecule has 138 valence electrons. The Morgan fingerprint density at radius 3 is 2.72 bits per heavy atom. The van der Waals surface area contributed by atoms with Gasteiger partial charge in [0.15, 0.2) is 0 Å². The summed E-state index contributed by atoms with van der Waals surface area (Å²) in [6.45, 7) is 9.44. The molecule has 0 aromatic heterocycles. The van der Waals surface area contributed by atoms with Crippen molar-refractivity contribution in [1.82, 2.24) is 9.80 Å². The van der Waals surface area contributed by atoms with Gasteiger partial charge in [0.2, 0.25) is 0 Å². The molecule has 1 atom stereocenters. The van der Waals surface area contributed by atoms with E-state index in [2.05, 4.69) is 46.9 Å². The van der Waals surface area contributed by atoms with Gasteiger partial charge >= 0.3 is 0 Å². The minimum atomic E-state index is -0.538. The number of nitrogens with zero attached hydrogens (tertiary/aromatic N) is 2. The molecule has 1 fully saturated rings. The lowest BCUT2D eigenvalue weighted by molar-refractivity contribution is 0.0136. The predicted molar refractivity (Wildman–Crippen MR) is 99.4 cm³/mol. The first kappa shape index (κ1) is 19.9. The number of benzene rings is 1. The lowest BCUT2D eigenvalue weighted by Crippen LogP contribution is -2.43. The second-order valence-corrected chi connectivity index (χ2v) is 6.55. The fraction of sp³-hybridized carbons (Fsp3) is 0.600. The third-order valence-corrected chi connectivity index (χ3v) is 4.33. The van der Waals surface area contributed by atoms with Crippen molar-refractivity contribution < 1.29 is 14.6 Å². The largest absolute Gasteiger partial charge is 0.389 e. The molecule has 2 rings (SSSR count). The molecule has 1 aromatic rings. The smallest absolute Gasteiger partial charge is 0.107 e. The van der Waals surface area contributed by atoms with Crippen LogP contribution in [-0.2, 0) is 16.0 Å². The van der Waals surface area contributed by atoms with E-state index < -0.39 is 6.10 Å². The van der Waals surface area contributed by atoms with Gasteiger partial charge in [0.05, 0.1) is 25.9 Å². The van der Waals surface area contributed by atoms with Crippen LogP contribution in [0.5, 0.6) is 0 Å². The number of aliphatic hydroxyl groups is 1. The van der Waals surface area contributed by atoms with E-state index in [1.165, 1.54) is 11.1 Å². The Balaban J connectivity index is 1.87. The van der Waals surface area contributed by atoms with Crippen LogP contribution in [0, 0.1) is 19.3 Å². The van der Waals surface area contributed by atoms with Crippen LogP contribution in [0.2, 0.25) is 0 Å². The Hall–Kier alpha value is -1.42. The topological polar surface area (TPSA) is 45.2 Å². The highest BCUT2D eigenvalue weighted by atomic mass is 16.5. The van der Waals surface area contributed by atoms with Crippen LogP contribution in [0.3, 0.4) is 0 Å². The summed E-state index contributed by atoms with van der Waals surface area (Å²) in [5.74, 6) is 2.42. The highest BCUT2D eigenvalue weighted by Gasteiger charge is 2.16. The molecule has 0 aliphatic carbocycles. The van der Waals surface area contributed by atoms with Crippen molar-refractivity contribution in [2.24, 2.45) is 0 Å². The van der Waals surface area contributed by atoms with Gasteiger partial charge < -0.3 is 14.6 Å². The molecule has 1 aliphatic rings. The number of hydrogen-bond acceptors (Lipinski definition) is 5. The van der Waals surface area contributed by atoms with Crippen LogP contribution >= 0.6 is 0 Å². The van der Waals surface area contributed by atoms with E-state index in [9.17, 15) is 5.11 Å². The summed E-state index contributed by atoms with van der Waals surface area (Å²) in [5.41, 5.74) is 2.51. The molecule has 0 radical (unpaired) electrons. The minimum absolute atomic E-state index is 0.239. The summed E-state index contributed by atoms with van der Waals surface area (Å²) in [7, 11) is 0. The number of terminal acetylenes is 1. The monoisotopic (exact) mass is 346 g/mol. The van der Waals surface area contributed by atoms with E-state index in [4.69, 9.17) is 15.9 Å². The second-order valence-electron chi connectivity index (χ2n) is 6.55. The highest BCUT2D eigenvalue weighted by Crippen LogP contribution is 2.09. The second kappa shape index (κ2) is 11.2. The summed E-state index contributed by atoms with van der Waals surface area (Å²) in [5, 5.41) is 10.2. The van der Waals surface area contributed by atoms with E-state index in [0.29, 0.717) is 6.54 Å². The summed E-state index contributed by atoms with van der Waals surface area (Å²) in [6, 6.07) is 8.56. The molecule has 0 amide bonds. The molecule has 0 saturated carbocycles. The van der Waals surface area contributed by atoms with E-state index in [0.717, 1.165) is 45.9 Å². The maximum atomic E-state index is 10.2. The zero-order chi connectivity index (χ0) is 17.9. The third kappa shape index (κ3) is 8.00. The molecule has 1 aliphatic heterocycles. The molecule has 25 heavy (non-hydrogen) atoms. The van der Waals surface area contributed by atoms with Gasteiger partial charge in [-0.2, -0.15) is 0 Å². The van der Waals surface area contributed by atoms with Crippen LogP contribution < -0.4 is 0 Å². The zero-order valence-electron chi connectivity index (χ0n) is 15.2. The van der Waals surface area contributed by atoms with Crippen LogP contribution in [-0.4, -0.2) is 80.2 Å². The Labute approximate surface area is 151 Å². The standard InChI is InChI=1S/C20H30N2O3/c1-3-12-25-17-20(23)16-22(9-8-21-10-13-24-14-11-21)15-19-6-4-18(2)5-7-19/h1,4-7,20,23H,8-17H2,2H3. The molecule has 1 saturated heterocycles. The van der Waals surface area contributed by atoms with E-state index in [-0.39, 0.29) is 13.2 Å². The van der Waals surface area contributed by atoms with Gasteiger partial charge in [-0.15, -0.1) is 6.42 Å². The molecule has 1 N–H and O–H groups in total. The molecule has 5 heteroatoms. The van der Waals surface area contributed by atoms with Gasteiger partial charge in [0, 0.05) is 39.3 Å². The molecule has 1 aromatic carbocycles. The van der Waals surface area contributed by atoms with E-state index in [1.807, 2.05) is 0 Å². The maximum absolute atomic E-state index is 10.2. The van der Waals surface area contributed by atoms with Gasteiger partial charge in [0.1, 0.15) is 6.61 Å². The van der Waals surface area contributed by atoms with Gasteiger partial charge in [-0.1, -0.05) is 35.7 Å². The molecule has 1 heterocycles. The van der Waals surface area contributed by atoms with Crippen molar-refractivity contribution in [2.75, 3.05) is 59.2 Å². The molecule has 5 nitrogen and oxygen atoms in total. The van der Waals surface area contributed by atoms with Gasteiger partial charge in [0.25, 0.3) is 0 Å². The fourth-order valence-corrected chi connectivity index (χ4v) is 2.90. The van der Waals surface area contributed by atoms with Crippen LogP contribution in [0.15, 0.2) is 24.3 Å². The Morgan fingerprint density at radius 2 is 2.04 bits per heavy atom. The van der Waals surface area contributed by atoms with Gasteiger partial charge in [-0.3, -0.25) is 9.80 Å². The van der Waals surface area contributed by atoms with Crippen molar-refractivity contribution in [2.45, 2.75) is 19.6 Å². The van der Waals surface area contributed by atoms with Crippen molar-refractivity contribution in [3.8, 4) is 12.3 Å². The average molecular weight is 346 g/mol. The van der Waals surface area contributed by atoms with Crippen molar-refractivity contribution >= 4 is 0 Å². The number of aliphatic hydroxyl groups excluding tert-OH is 1. The highest BCUT2D eigenvalue weighted by molar-refractivity contribution is 5.21. The Kier molecular flexibility index (Phi) is 8.95. The SMILES string of the molecule is C#CCOCC(O)CN(CCN1CCOCC1)Cc1ccc(C)cc1. The Bertz CT molecular complexity index is 521. The van der Waals surface area contributed by atoms with Crippen LogP contribution in [0.1, 0.15) is 11.1 Å². The van der Waals surface area contributed by atoms with E-state index >= 15 is 0 Å². The quantitative estimate of drug-likeness (QED) is 0.508. The predicted octanol–water partition coefficient (Wildman–Crippen LogP) is 1.14. The minimum Gasteiger partial charge on any atom is -0.389 e. The van der Waals surface area contributed by atoms with Crippen LogP contribution in [0.25, 0.3) is 0 Å². The molecule has 0 bridgehead atoms. The number of morpholine rings is 1. The number of hydrogen-bond donors (Lipinski definition) is 1. The van der Waals surface area contributed by atoms with E-state index in [1.54, 1.807) is 0 Å². The summed E-state index contributed by atoms with van der Waals surface area (Å²) < 4.78 is 10.7. The summed E-state index contributed by atoms with van der Waals surface area (Å²) in [4.78, 5) is 4.69. The fourth-order valence-electron chi connectivity index (χ4n) is 2.90. The third-order valence-electron chi connectivity index (χ3n) is 4.33. The number of aryl methyl sites for hydroxylation is 1. The molecule has 1 unspecified atom stereocenters. The maximum Gasteiger partial charge on any atom is 0.107 e.